The standard InChI is InChI=1S/C4H4N6S4/c1-5-3(9-7-1)11-13-14-12-4-6-2-8-10-4/h1-2H,(H,5,7,9)(H,6,8,10). The fourth-order valence-corrected chi connectivity index (χ4v) is 5.30. The average molecular weight is 264 g/mol. The van der Waals surface area contributed by atoms with Crippen molar-refractivity contribution in [2.24, 2.45) is 0 Å². The number of aromatic amines is 2. The molecule has 2 rings (SSSR count). The summed E-state index contributed by atoms with van der Waals surface area (Å²) >= 11 is 0. The van der Waals surface area contributed by atoms with Gasteiger partial charge >= 0.3 is 0 Å². The van der Waals surface area contributed by atoms with Crippen molar-refractivity contribution in [3.8, 4) is 0 Å². The predicted octanol–water partition coefficient (Wildman–Crippen LogP) is 2.02. The molecule has 0 aromatic carbocycles. The van der Waals surface area contributed by atoms with Crippen molar-refractivity contribution < 1.29 is 0 Å². The minimum absolute atomic E-state index is 0.792. The second-order valence-electron chi connectivity index (χ2n) is 1.88. The fourth-order valence-electron chi connectivity index (χ4n) is 0.561. The Morgan fingerprint density at radius 3 is 1.71 bits per heavy atom. The van der Waals surface area contributed by atoms with Gasteiger partial charge in [0.05, 0.1) is 0 Å². The smallest absolute Gasteiger partial charge is 0.195 e. The van der Waals surface area contributed by atoms with Crippen LogP contribution in [0.1, 0.15) is 0 Å². The van der Waals surface area contributed by atoms with Gasteiger partial charge in [0, 0.05) is 0 Å². The molecule has 0 saturated heterocycles. The molecule has 0 fully saturated rings. The predicted molar refractivity (Wildman–Crippen MR) is 59.7 cm³/mol. The van der Waals surface area contributed by atoms with E-state index in [-0.39, 0.29) is 0 Å². The Hall–Kier alpha value is -0.320. The van der Waals surface area contributed by atoms with Gasteiger partial charge in [0.1, 0.15) is 12.7 Å². The van der Waals surface area contributed by atoms with Crippen LogP contribution in [0.2, 0.25) is 0 Å². The first kappa shape index (κ1) is 10.2. The molecule has 0 aliphatic rings. The third-order valence-corrected chi connectivity index (χ3v) is 6.69. The number of nitrogens with zero attached hydrogens (tertiary/aromatic N) is 4. The monoisotopic (exact) mass is 264 g/mol. The molecular formula is C4H4N6S4. The molecule has 6 nitrogen and oxygen atoms in total. The van der Waals surface area contributed by atoms with Gasteiger partial charge in [0.2, 0.25) is 0 Å². The van der Waals surface area contributed by atoms with Gasteiger partial charge in [-0.05, 0) is 41.2 Å². The highest BCUT2D eigenvalue weighted by atomic mass is 33.7. The lowest BCUT2D eigenvalue weighted by Gasteiger charge is -1.92. The zero-order valence-corrected chi connectivity index (χ0v) is 9.84. The highest BCUT2D eigenvalue weighted by molar-refractivity contribution is 9.26. The number of rotatable bonds is 5. The lowest BCUT2D eigenvalue weighted by molar-refractivity contribution is 0.978. The van der Waals surface area contributed by atoms with E-state index in [1.165, 1.54) is 34.2 Å². The SMILES string of the molecule is c1n[nH]c(SSSSc2ncn[nH]2)n1. The van der Waals surface area contributed by atoms with E-state index in [0.29, 0.717) is 0 Å². The van der Waals surface area contributed by atoms with Gasteiger partial charge in [-0.1, -0.05) is 0 Å². The van der Waals surface area contributed by atoms with Crippen LogP contribution in [0.25, 0.3) is 0 Å². The van der Waals surface area contributed by atoms with Crippen LogP contribution in [0.3, 0.4) is 0 Å². The third-order valence-electron chi connectivity index (χ3n) is 1.04. The normalized spacial score (nSPS) is 10.6. The summed E-state index contributed by atoms with van der Waals surface area (Å²) in [5.41, 5.74) is 0. The average Bonchev–Trinajstić information content (AvgIpc) is 2.86. The van der Waals surface area contributed by atoms with Crippen LogP contribution in [0.5, 0.6) is 0 Å². The zero-order valence-electron chi connectivity index (χ0n) is 6.58. The van der Waals surface area contributed by atoms with E-state index in [4.69, 9.17) is 0 Å². The molecule has 0 amide bonds. The molecule has 14 heavy (non-hydrogen) atoms. The molecular weight excluding hydrogens is 260 g/mol. The Kier molecular flexibility index (Phi) is 4.03. The van der Waals surface area contributed by atoms with E-state index < -0.39 is 0 Å². The summed E-state index contributed by atoms with van der Waals surface area (Å²) in [5.74, 6) is 0. The first-order chi connectivity index (χ1) is 6.95. The van der Waals surface area contributed by atoms with Crippen LogP contribution in [0, 0.1) is 0 Å². The summed E-state index contributed by atoms with van der Waals surface area (Å²) in [4.78, 5) is 7.94. The van der Waals surface area contributed by atoms with Crippen LogP contribution in [-0.4, -0.2) is 30.4 Å². The summed E-state index contributed by atoms with van der Waals surface area (Å²) < 4.78 is 0. The molecule has 0 saturated carbocycles. The number of nitrogens with one attached hydrogen (secondary N) is 2. The van der Waals surface area contributed by atoms with Crippen molar-refractivity contribution in [2.45, 2.75) is 10.3 Å². The molecule has 0 radical (unpaired) electrons. The van der Waals surface area contributed by atoms with E-state index in [2.05, 4.69) is 30.4 Å². The topological polar surface area (TPSA) is 83.1 Å². The third kappa shape index (κ3) is 3.12. The van der Waals surface area contributed by atoms with Crippen molar-refractivity contribution in [1.82, 2.24) is 30.4 Å². The molecule has 2 aromatic heterocycles. The lowest BCUT2D eigenvalue weighted by Crippen LogP contribution is -1.69. The summed E-state index contributed by atoms with van der Waals surface area (Å²) in [7, 11) is 6.20. The van der Waals surface area contributed by atoms with Crippen LogP contribution < -0.4 is 0 Å². The summed E-state index contributed by atoms with van der Waals surface area (Å²) in [6, 6.07) is 0. The highest BCUT2D eigenvalue weighted by Gasteiger charge is 2.00. The van der Waals surface area contributed by atoms with Crippen LogP contribution in [0.4, 0.5) is 0 Å². The molecule has 0 aliphatic carbocycles. The van der Waals surface area contributed by atoms with E-state index in [9.17, 15) is 0 Å². The Morgan fingerprint density at radius 2 is 1.36 bits per heavy atom. The first-order valence-corrected chi connectivity index (χ1v) is 8.15. The van der Waals surface area contributed by atoms with E-state index in [1.54, 1.807) is 19.7 Å². The fraction of sp³-hybridized carbons (Fsp3) is 0. The number of H-pyrrole nitrogens is 2. The second kappa shape index (κ2) is 5.53. The van der Waals surface area contributed by atoms with E-state index in [0.717, 1.165) is 10.3 Å². The Bertz CT molecular complexity index is 310. The maximum atomic E-state index is 3.97. The quantitative estimate of drug-likeness (QED) is 0.627. The lowest BCUT2D eigenvalue weighted by atomic mass is 11.3. The van der Waals surface area contributed by atoms with Gasteiger partial charge in [0.15, 0.2) is 10.3 Å². The second-order valence-corrected chi connectivity index (χ2v) is 7.53. The number of hydrogen-bond acceptors (Lipinski definition) is 8. The molecule has 0 unspecified atom stereocenters. The van der Waals surface area contributed by atoms with Crippen molar-refractivity contribution in [1.29, 1.82) is 0 Å². The van der Waals surface area contributed by atoms with Crippen LogP contribution >= 0.6 is 41.2 Å². The van der Waals surface area contributed by atoms with Crippen molar-refractivity contribution >= 4 is 41.2 Å². The molecule has 2 aromatic rings. The van der Waals surface area contributed by atoms with Crippen molar-refractivity contribution in [2.75, 3.05) is 0 Å². The number of aromatic nitrogens is 6. The van der Waals surface area contributed by atoms with Gasteiger partial charge in [-0.15, -0.1) is 0 Å². The molecule has 74 valence electrons. The van der Waals surface area contributed by atoms with Gasteiger partial charge < -0.3 is 0 Å². The minimum atomic E-state index is 0.792. The molecule has 2 heterocycles. The maximum Gasteiger partial charge on any atom is 0.195 e. The highest BCUT2D eigenvalue weighted by Crippen LogP contribution is 2.47. The largest absolute Gasteiger partial charge is 0.254 e. The maximum absolute atomic E-state index is 3.97. The van der Waals surface area contributed by atoms with Gasteiger partial charge in [-0.25, -0.2) is 9.97 Å². The summed E-state index contributed by atoms with van der Waals surface area (Å²) in [6.07, 6.45) is 2.97. The van der Waals surface area contributed by atoms with Crippen molar-refractivity contribution in [3.05, 3.63) is 12.7 Å². The zero-order chi connectivity index (χ0) is 9.64. The summed E-state index contributed by atoms with van der Waals surface area (Å²) in [6.45, 7) is 0. The van der Waals surface area contributed by atoms with Gasteiger partial charge in [-0.2, -0.15) is 10.2 Å². The molecule has 0 aliphatic heterocycles. The van der Waals surface area contributed by atoms with E-state index in [1.807, 2.05) is 0 Å². The Balaban J connectivity index is 1.65. The van der Waals surface area contributed by atoms with Crippen molar-refractivity contribution in [3.63, 3.8) is 0 Å². The summed E-state index contributed by atoms with van der Waals surface area (Å²) in [5, 5.41) is 14.6. The van der Waals surface area contributed by atoms with E-state index >= 15 is 0 Å². The Labute approximate surface area is 94.4 Å². The molecule has 0 spiro atoms. The van der Waals surface area contributed by atoms with Gasteiger partial charge in [0.25, 0.3) is 0 Å². The minimum Gasteiger partial charge on any atom is -0.254 e. The first-order valence-electron chi connectivity index (χ1n) is 3.34. The number of hydrogen-bond donors (Lipinski definition) is 2. The van der Waals surface area contributed by atoms with Crippen LogP contribution in [-0.2, 0) is 0 Å². The molecule has 0 atom stereocenters. The van der Waals surface area contributed by atoms with Gasteiger partial charge in [-0.3, -0.25) is 10.2 Å². The molecule has 2 N–H and O–H groups in total. The molecule has 10 heteroatoms. The van der Waals surface area contributed by atoms with Crippen LogP contribution in [0.15, 0.2) is 23.0 Å². The molecule has 0 bridgehead atoms. The Morgan fingerprint density at radius 1 is 0.857 bits per heavy atom.